The van der Waals surface area contributed by atoms with Crippen LogP contribution in [0.5, 0.6) is 5.75 Å². The number of methoxy groups -OCH3 is 1. The van der Waals surface area contributed by atoms with Crippen molar-refractivity contribution in [3.63, 3.8) is 0 Å². The van der Waals surface area contributed by atoms with E-state index in [1.807, 2.05) is 43.3 Å². The summed E-state index contributed by atoms with van der Waals surface area (Å²) in [6.45, 7) is 2.68. The van der Waals surface area contributed by atoms with E-state index in [1.54, 1.807) is 24.1 Å². The van der Waals surface area contributed by atoms with E-state index in [-0.39, 0.29) is 11.9 Å². The van der Waals surface area contributed by atoms with Crippen LogP contribution in [-0.2, 0) is 0 Å². The van der Waals surface area contributed by atoms with Crippen molar-refractivity contribution in [1.29, 1.82) is 0 Å². The normalized spacial score (nSPS) is 16.5. The number of para-hydroxylation sites is 1. The molecule has 138 valence electrons. The van der Waals surface area contributed by atoms with Gasteiger partial charge in [0.25, 0.3) is 5.91 Å². The van der Waals surface area contributed by atoms with E-state index in [1.165, 1.54) is 0 Å². The third-order valence-corrected chi connectivity index (χ3v) is 4.85. The lowest BCUT2D eigenvalue weighted by Crippen LogP contribution is -2.31. The van der Waals surface area contributed by atoms with Gasteiger partial charge in [0, 0.05) is 12.1 Å². The standard InChI is InChI=1S/C21H21N3O3/c1-14-7-5-8-15(13-14)19-22-20(27-23-19)17-10-6-12-24(17)21(25)16-9-3-4-11-18(16)26-2/h3-5,7-9,11,13,17H,6,10,12H2,1-2H3/t17-/m0/s1. The highest BCUT2D eigenvalue weighted by Crippen LogP contribution is 2.34. The van der Waals surface area contributed by atoms with Gasteiger partial charge in [0.1, 0.15) is 11.8 Å². The highest BCUT2D eigenvalue weighted by atomic mass is 16.5. The second-order valence-corrected chi connectivity index (χ2v) is 6.68. The molecule has 0 N–H and O–H groups in total. The van der Waals surface area contributed by atoms with Crippen LogP contribution < -0.4 is 4.74 Å². The van der Waals surface area contributed by atoms with Gasteiger partial charge < -0.3 is 14.2 Å². The Bertz CT molecular complexity index is 967. The molecule has 1 fully saturated rings. The molecule has 1 aliphatic rings. The van der Waals surface area contributed by atoms with Crippen LogP contribution in [0.1, 0.15) is 40.7 Å². The minimum atomic E-state index is -0.214. The summed E-state index contributed by atoms with van der Waals surface area (Å²) in [5.41, 5.74) is 2.59. The van der Waals surface area contributed by atoms with Gasteiger partial charge in [0.15, 0.2) is 0 Å². The molecule has 1 amide bonds. The molecule has 1 aromatic heterocycles. The molecule has 3 aromatic rings. The molecule has 1 saturated heterocycles. The second-order valence-electron chi connectivity index (χ2n) is 6.68. The zero-order valence-corrected chi connectivity index (χ0v) is 15.4. The highest BCUT2D eigenvalue weighted by molar-refractivity contribution is 5.97. The Morgan fingerprint density at radius 2 is 2.07 bits per heavy atom. The molecule has 0 bridgehead atoms. The monoisotopic (exact) mass is 363 g/mol. The van der Waals surface area contributed by atoms with E-state index >= 15 is 0 Å². The molecule has 0 aliphatic carbocycles. The molecule has 1 aliphatic heterocycles. The highest BCUT2D eigenvalue weighted by Gasteiger charge is 2.35. The van der Waals surface area contributed by atoms with Gasteiger partial charge in [-0.1, -0.05) is 41.1 Å². The lowest BCUT2D eigenvalue weighted by atomic mass is 10.1. The maximum Gasteiger partial charge on any atom is 0.258 e. The molecule has 27 heavy (non-hydrogen) atoms. The van der Waals surface area contributed by atoms with Crippen molar-refractivity contribution in [2.75, 3.05) is 13.7 Å². The first-order chi connectivity index (χ1) is 13.2. The Hall–Kier alpha value is -3.15. The summed E-state index contributed by atoms with van der Waals surface area (Å²) in [5.74, 6) is 1.52. The molecule has 0 radical (unpaired) electrons. The molecular formula is C21H21N3O3. The summed E-state index contributed by atoms with van der Waals surface area (Å²) >= 11 is 0. The number of benzene rings is 2. The quantitative estimate of drug-likeness (QED) is 0.700. The Morgan fingerprint density at radius 3 is 2.89 bits per heavy atom. The average Bonchev–Trinajstić information content (AvgIpc) is 3.36. The number of hydrogen-bond donors (Lipinski definition) is 0. The van der Waals surface area contributed by atoms with Crippen molar-refractivity contribution in [1.82, 2.24) is 15.0 Å². The van der Waals surface area contributed by atoms with Gasteiger partial charge >= 0.3 is 0 Å². The van der Waals surface area contributed by atoms with E-state index in [2.05, 4.69) is 10.1 Å². The minimum Gasteiger partial charge on any atom is -0.496 e. The fraction of sp³-hybridized carbons (Fsp3) is 0.286. The molecule has 0 unspecified atom stereocenters. The Morgan fingerprint density at radius 1 is 1.22 bits per heavy atom. The van der Waals surface area contributed by atoms with E-state index < -0.39 is 0 Å². The predicted molar refractivity (Wildman–Crippen MR) is 100 cm³/mol. The molecule has 2 aromatic carbocycles. The number of carbonyl (C=O) groups is 1. The lowest BCUT2D eigenvalue weighted by molar-refractivity contribution is 0.0706. The first-order valence-corrected chi connectivity index (χ1v) is 9.02. The summed E-state index contributed by atoms with van der Waals surface area (Å²) in [5, 5.41) is 4.12. The van der Waals surface area contributed by atoms with Crippen LogP contribution in [0.3, 0.4) is 0 Å². The number of carbonyl (C=O) groups excluding carboxylic acids is 1. The lowest BCUT2D eigenvalue weighted by Gasteiger charge is -2.22. The van der Waals surface area contributed by atoms with Gasteiger partial charge in [-0.2, -0.15) is 4.98 Å². The number of likely N-dealkylation sites (tertiary alicyclic amines) is 1. The number of hydrogen-bond acceptors (Lipinski definition) is 5. The van der Waals surface area contributed by atoms with E-state index in [4.69, 9.17) is 9.26 Å². The summed E-state index contributed by atoms with van der Waals surface area (Å²) in [6, 6.07) is 15.0. The molecule has 6 nitrogen and oxygen atoms in total. The maximum atomic E-state index is 13.1. The van der Waals surface area contributed by atoms with Gasteiger partial charge in [-0.3, -0.25) is 4.79 Å². The Kier molecular flexibility index (Phi) is 4.62. The predicted octanol–water partition coefficient (Wildman–Crippen LogP) is 4.03. The zero-order valence-electron chi connectivity index (χ0n) is 15.4. The number of nitrogens with zero attached hydrogens (tertiary/aromatic N) is 3. The van der Waals surface area contributed by atoms with Crippen LogP contribution >= 0.6 is 0 Å². The van der Waals surface area contributed by atoms with Gasteiger partial charge in [-0.15, -0.1) is 0 Å². The number of aromatic nitrogens is 2. The third-order valence-electron chi connectivity index (χ3n) is 4.85. The van der Waals surface area contributed by atoms with Crippen LogP contribution in [0.4, 0.5) is 0 Å². The number of rotatable bonds is 4. The number of ether oxygens (including phenoxy) is 1. The first kappa shape index (κ1) is 17.3. The van der Waals surface area contributed by atoms with Crippen molar-refractivity contribution < 1.29 is 14.1 Å². The molecule has 1 atom stereocenters. The summed E-state index contributed by atoms with van der Waals surface area (Å²) in [4.78, 5) is 19.5. The Labute approximate surface area is 157 Å². The van der Waals surface area contributed by atoms with Gasteiger partial charge in [-0.05, 0) is 38.0 Å². The van der Waals surface area contributed by atoms with E-state index in [0.29, 0.717) is 29.6 Å². The van der Waals surface area contributed by atoms with Crippen LogP contribution in [0, 0.1) is 6.92 Å². The van der Waals surface area contributed by atoms with Crippen LogP contribution in [0.2, 0.25) is 0 Å². The molecular weight excluding hydrogens is 342 g/mol. The summed E-state index contributed by atoms with van der Waals surface area (Å²) in [6.07, 6.45) is 1.70. The van der Waals surface area contributed by atoms with Crippen molar-refractivity contribution in [3.05, 3.63) is 65.5 Å². The second kappa shape index (κ2) is 7.23. The van der Waals surface area contributed by atoms with Crippen LogP contribution in [-0.4, -0.2) is 34.6 Å². The van der Waals surface area contributed by atoms with E-state index in [0.717, 1.165) is 24.0 Å². The SMILES string of the molecule is COc1ccccc1C(=O)N1CCC[C@H]1c1nc(-c2cccc(C)c2)no1. The molecule has 2 heterocycles. The molecule has 6 heteroatoms. The van der Waals surface area contributed by atoms with Crippen molar-refractivity contribution in [3.8, 4) is 17.1 Å². The van der Waals surface area contributed by atoms with Crippen molar-refractivity contribution in [2.24, 2.45) is 0 Å². The van der Waals surface area contributed by atoms with Crippen LogP contribution in [0.15, 0.2) is 53.1 Å². The minimum absolute atomic E-state index is 0.0785. The van der Waals surface area contributed by atoms with Crippen molar-refractivity contribution in [2.45, 2.75) is 25.8 Å². The molecule has 0 spiro atoms. The van der Waals surface area contributed by atoms with Crippen LogP contribution in [0.25, 0.3) is 11.4 Å². The number of amides is 1. The van der Waals surface area contributed by atoms with E-state index in [9.17, 15) is 4.79 Å². The first-order valence-electron chi connectivity index (χ1n) is 9.02. The maximum absolute atomic E-state index is 13.1. The molecule has 4 rings (SSSR count). The smallest absolute Gasteiger partial charge is 0.258 e. The topological polar surface area (TPSA) is 68.5 Å². The van der Waals surface area contributed by atoms with Crippen molar-refractivity contribution >= 4 is 5.91 Å². The molecule has 0 saturated carbocycles. The van der Waals surface area contributed by atoms with Gasteiger partial charge in [-0.25, -0.2) is 0 Å². The summed E-state index contributed by atoms with van der Waals surface area (Å²) in [7, 11) is 1.57. The average molecular weight is 363 g/mol. The third kappa shape index (κ3) is 3.30. The fourth-order valence-corrected chi connectivity index (χ4v) is 3.51. The number of aryl methyl sites for hydroxylation is 1. The Balaban J connectivity index is 1.61. The summed E-state index contributed by atoms with van der Waals surface area (Å²) < 4.78 is 10.9. The zero-order chi connectivity index (χ0) is 18.8. The fourth-order valence-electron chi connectivity index (χ4n) is 3.51. The van der Waals surface area contributed by atoms with Gasteiger partial charge in [0.05, 0.1) is 12.7 Å². The largest absolute Gasteiger partial charge is 0.496 e. The van der Waals surface area contributed by atoms with Gasteiger partial charge in [0.2, 0.25) is 11.7 Å².